The van der Waals surface area contributed by atoms with Gasteiger partial charge in [-0.2, -0.15) is 0 Å². The van der Waals surface area contributed by atoms with Crippen molar-refractivity contribution in [2.24, 2.45) is 0 Å². The lowest BCUT2D eigenvalue weighted by Crippen LogP contribution is -2.40. The third-order valence-electron chi connectivity index (χ3n) is 9.86. The maximum atomic E-state index is 12.7. The van der Waals surface area contributed by atoms with Gasteiger partial charge in [0, 0.05) is 12.8 Å². The van der Waals surface area contributed by atoms with Crippen molar-refractivity contribution < 1.29 is 42.9 Å². The van der Waals surface area contributed by atoms with Gasteiger partial charge in [0.1, 0.15) is 13.2 Å². The molecule has 0 aliphatic carbocycles. The minimum atomic E-state index is -1.50. The first-order chi connectivity index (χ1) is 25.6. The Morgan fingerprint density at radius 1 is 0.491 bits per heavy atom. The molecule has 0 bridgehead atoms. The summed E-state index contributed by atoms with van der Waals surface area (Å²) in [6.45, 7) is 4.89. The monoisotopic (exact) mass is 757 g/mol. The minimum Gasteiger partial charge on any atom is -0.477 e. The molecule has 0 radical (unpaired) electrons. The molecule has 0 rings (SSSR count). The Kier molecular flexibility index (Phi) is 36.0. The number of aliphatic carboxylic acids is 1. The van der Waals surface area contributed by atoms with Gasteiger partial charge < -0.3 is 28.5 Å². The van der Waals surface area contributed by atoms with Crippen molar-refractivity contribution in [3.8, 4) is 0 Å². The molecule has 0 aliphatic heterocycles. The molecule has 0 aliphatic rings. The summed E-state index contributed by atoms with van der Waals surface area (Å²) in [5, 5.41) is 9.61. The summed E-state index contributed by atoms with van der Waals surface area (Å²) in [6.07, 6.45) is 33.0. The van der Waals surface area contributed by atoms with Crippen molar-refractivity contribution in [3.05, 3.63) is 0 Å². The molecule has 0 aromatic rings. The second-order valence-electron chi connectivity index (χ2n) is 16.4. The number of carbonyl (C=O) groups is 3. The molecule has 0 aromatic carbocycles. The number of carboxylic acid groups (broad SMARTS) is 1. The molecule has 0 fully saturated rings. The highest BCUT2D eigenvalue weighted by Crippen LogP contribution is 2.16. The standard InChI is InChI=1S/C44H85NO8/c1-6-8-10-12-14-16-18-19-20-21-22-23-25-27-29-31-33-35-42(47)53-40(39-52-44(43(48)49)50-37-36-45(3,4)5)38-51-41(46)34-32-30-28-26-24-17-15-13-11-9-7-2/h40,44H,6-39H2,1-5H3/p+1. The molecule has 0 aromatic heterocycles. The number of quaternary nitrogens is 1. The lowest BCUT2D eigenvalue weighted by Gasteiger charge is -2.25. The average molecular weight is 757 g/mol. The maximum absolute atomic E-state index is 12.7. The van der Waals surface area contributed by atoms with Crippen molar-refractivity contribution >= 4 is 17.9 Å². The van der Waals surface area contributed by atoms with E-state index in [1.807, 2.05) is 21.1 Å². The fraction of sp³-hybridized carbons (Fsp3) is 0.932. The van der Waals surface area contributed by atoms with Crippen molar-refractivity contribution in [2.75, 3.05) is 47.5 Å². The molecule has 314 valence electrons. The van der Waals surface area contributed by atoms with E-state index in [1.54, 1.807) is 0 Å². The number of rotatable bonds is 41. The number of hydrogen-bond acceptors (Lipinski definition) is 7. The number of carbonyl (C=O) groups excluding carboxylic acids is 2. The van der Waals surface area contributed by atoms with E-state index in [0.29, 0.717) is 17.4 Å². The van der Waals surface area contributed by atoms with Crippen LogP contribution in [-0.2, 0) is 33.3 Å². The summed E-state index contributed by atoms with van der Waals surface area (Å²) < 4.78 is 22.7. The van der Waals surface area contributed by atoms with Crippen LogP contribution in [0.15, 0.2) is 0 Å². The number of unbranched alkanes of at least 4 members (excludes halogenated alkanes) is 26. The highest BCUT2D eigenvalue weighted by atomic mass is 16.7. The Hall–Kier alpha value is -1.71. The Morgan fingerprint density at radius 2 is 0.849 bits per heavy atom. The summed E-state index contributed by atoms with van der Waals surface area (Å²) in [6, 6.07) is 0. The Bertz CT molecular complexity index is 846. The Morgan fingerprint density at radius 3 is 1.21 bits per heavy atom. The van der Waals surface area contributed by atoms with Crippen LogP contribution in [-0.4, -0.2) is 87.4 Å². The third kappa shape index (κ3) is 38.4. The van der Waals surface area contributed by atoms with Crippen LogP contribution in [0, 0.1) is 0 Å². The Balaban J connectivity index is 4.39. The normalized spacial score (nSPS) is 12.8. The van der Waals surface area contributed by atoms with E-state index in [1.165, 1.54) is 141 Å². The molecule has 9 nitrogen and oxygen atoms in total. The molecular weight excluding hydrogens is 670 g/mol. The van der Waals surface area contributed by atoms with Crippen LogP contribution in [0.2, 0.25) is 0 Å². The van der Waals surface area contributed by atoms with E-state index in [2.05, 4.69) is 13.8 Å². The topological polar surface area (TPSA) is 108 Å². The van der Waals surface area contributed by atoms with Gasteiger partial charge in [-0.1, -0.05) is 181 Å². The molecule has 9 heteroatoms. The zero-order valence-corrected chi connectivity index (χ0v) is 35.4. The average Bonchev–Trinajstić information content (AvgIpc) is 3.11. The zero-order chi connectivity index (χ0) is 39.3. The van der Waals surface area contributed by atoms with E-state index in [9.17, 15) is 19.5 Å². The summed E-state index contributed by atoms with van der Waals surface area (Å²) in [4.78, 5) is 37.0. The quantitative estimate of drug-likeness (QED) is 0.0284. The Labute approximate surface area is 326 Å². The second kappa shape index (κ2) is 37.2. The van der Waals surface area contributed by atoms with Crippen LogP contribution >= 0.6 is 0 Å². The molecule has 0 spiro atoms. The van der Waals surface area contributed by atoms with Crippen molar-refractivity contribution in [2.45, 2.75) is 219 Å². The molecule has 0 saturated heterocycles. The van der Waals surface area contributed by atoms with Gasteiger partial charge in [-0.05, 0) is 12.8 Å². The van der Waals surface area contributed by atoms with Crippen molar-refractivity contribution in [1.82, 2.24) is 0 Å². The van der Waals surface area contributed by atoms with Crippen LogP contribution in [0.5, 0.6) is 0 Å². The molecule has 0 amide bonds. The summed E-state index contributed by atoms with van der Waals surface area (Å²) in [7, 11) is 5.96. The summed E-state index contributed by atoms with van der Waals surface area (Å²) >= 11 is 0. The molecule has 0 heterocycles. The number of nitrogens with zero attached hydrogens (tertiary/aromatic N) is 1. The molecule has 2 atom stereocenters. The number of esters is 2. The van der Waals surface area contributed by atoms with Crippen LogP contribution < -0.4 is 0 Å². The van der Waals surface area contributed by atoms with Gasteiger partial charge in [0.25, 0.3) is 6.29 Å². The number of hydrogen-bond donors (Lipinski definition) is 1. The van der Waals surface area contributed by atoms with Crippen LogP contribution in [0.25, 0.3) is 0 Å². The first-order valence-corrected chi connectivity index (χ1v) is 22.2. The van der Waals surface area contributed by atoms with Gasteiger partial charge in [0.2, 0.25) is 0 Å². The van der Waals surface area contributed by atoms with E-state index in [4.69, 9.17) is 18.9 Å². The van der Waals surface area contributed by atoms with Crippen molar-refractivity contribution in [3.63, 3.8) is 0 Å². The van der Waals surface area contributed by atoms with E-state index < -0.39 is 24.3 Å². The highest BCUT2D eigenvalue weighted by Gasteiger charge is 2.25. The molecular formula is C44H86NO8+. The molecule has 0 saturated carbocycles. The van der Waals surface area contributed by atoms with Crippen LogP contribution in [0.4, 0.5) is 0 Å². The van der Waals surface area contributed by atoms with Crippen LogP contribution in [0.1, 0.15) is 206 Å². The third-order valence-corrected chi connectivity index (χ3v) is 9.86. The predicted molar refractivity (Wildman–Crippen MR) is 217 cm³/mol. The van der Waals surface area contributed by atoms with Gasteiger partial charge in [-0.15, -0.1) is 0 Å². The largest absolute Gasteiger partial charge is 0.477 e. The van der Waals surface area contributed by atoms with Crippen molar-refractivity contribution in [1.29, 1.82) is 0 Å². The molecule has 1 N–H and O–H groups in total. The fourth-order valence-corrected chi connectivity index (χ4v) is 6.37. The number of likely N-dealkylation sites (N-methyl/N-ethyl adjacent to an activating group) is 1. The van der Waals surface area contributed by atoms with Gasteiger partial charge in [-0.3, -0.25) is 9.59 Å². The molecule has 53 heavy (non-hydrogen) atoms. The molecule has 2 unspecified atom stereocenters. The fourth-order valence-electron chi connectivity index (χ4n) is 6.37. The van der Waals surface area contributed by atoms with Gasteiger partial charge in [0.15, 0.2) is 6.10 Å². The maximum Gasteiger partial charge on any atom is 0.361 e. The summed E-state index contributed by atoms with van der Waals surface area (Å²) in [5.41, 5.74) is 0. The van der Waals surface area contributed by atoms with Gasteiger partial charge in [0.05, 0.1) is 34.4 Å². The first-order valence-electron chi connectivity index (χ1n) is 22.2. The predicted octanol–water partition coefficient (Wildman–Crippen LogP) is 11.3. The second-order valence-corrected chi connectivity index (χ2v) is 16.4. The summed E-state index contributed by atoms with van der Waals surface area (Å²) in [5.74, 6) is -1.99. The van der Waals surface area contributed by atoms with E-state index >= 15 is 0 Å². The highest BCUT2D eigenvalue weighted by molar-refractivity contribution is 5.71. The zero-order valence-electron chi connectivity index (χ0n) is 35.4. The van der Waals surface area contributed by atoms with E-state index in [-0.39, 0.29) is 32.2 Å². The van der Waals surface area contributed by atoms with Gasteiger partial charge in [-0.25, -0.2) is 4.79 Å². The van der Waals surface area contributed by atoms with Crippen LogP contribution in [0.3, 0.4) is 0 Å². The van der Waals surface area contributed by atoms with Gasteiger partial charge >= 0.3 is 17.9 Å². The number of ether oxygens (including phenoxy) is 4. The SMILES string of the molecule is CCCCCCCCCCCCCCCCCCCC(=O)OC(COC(=O)CCCCCCCCCCCCC)COC(OCC[N+](C)(C)C)C(=O)O. The first kappa shape index (κ1) is 51.3. The minimum absolute atomic E-state index is 0.174. The van der Waals surface area contributed by atoms with E-state index in [0.717, 1.165) is 38.5 Å². The lowest BCUT2D eigenvalue weighted by molar-refractivity contribution is -0.870. The lowest BCUT2D eigenvalue weighted by atomic mass is 10.0. The number of carboxylic acids is 1. The smallest absolute Gasteiger partial charge is 0.361 e.